The zero-order valence-electron chi connectivity index (χ0n) is 15.9. The van der Waals surface area contributed by atoms with Crippen LogP contribution < -0.4 is 10.6 Å². The highest BCUT2D eigenvalue weighted by Crippen LogP contribution is 2.30. The lowest BCUT2D eigenvalue weighted by Crippen LogP contribution is -2.30. The molecule has 0 saturated carbocycles. The Balaban J connectivity index is 0.00000112. The maximum absolute atomic E-state index is 4.65. The Kier molecular flexibility index (Phi) is 6.16. The van der Waals surface area contributed by atoms with Crippen LogP contribution >= 0.6 is 24.8 Å². The molecule has 0 atom stereocenters. The van der Waals surface area contributed by atoms with Crippen LogP contribution in [0, 0.1) is 0 Å². The summed E-state index contributed by atoms with van der Waals surface area (Å²) in [5, 5.41) is 9.41. The van der Waals surface area contributed by atoms with Crippen LogP contribution in [0.1, 0.15) is 24.0 Å². The summed E-state index contributed by atoms with van der Waals surface area (Å²) >= 11 is 0. The van der Waals surface area contributed by atoms with Crippen LogP contribution in [-0.4, -0.2) is 42.4 Å². The van der Waals surface area contributed by atoms with Crippen LogP contribution in [0.4, 0.5) is 0 Å². The summed E-state index contributed by atoms with van der Waals surface area (Å²) in [6.07, 6.45) is 2.22. The summed E-state index contributed by atoms with van der Waals surface area (Å²) in [4.78, 5) is 9.31. The second-order valence-corrected chi connectivity index (χ2v) is 7.04. The molecule has 28 heavy (non-hydrogen) atoms. The van der Waals surface area contributed by atoms with Crippen molar-refractivity contribution >= 4 is 58.3 Å². The minimum atomic E-state index is 0. The molecule has 0 amide bonds. The van der Waals surface area contributed by atoms with Gasteiger partial charge < -0.3 is 15.2 Å². The fourth-order valence-corrected chi connectivity index (χ4v) is 3.96. The zero-order chi connectivity index (χ0) is 17.5. The summed E-state index contributed by atoms with van der Waals surface area (Å²) in [6.45, 7) is 3.82. The average Bonchev–Trinajstić information content (AvgIpc) is 3.01. The molecule has 0 fully saturated rings. The van der Waals surface area contributed by atoms with Gasteiger partial charge in [0.15, 0.2) is 0 Å². The van der Waals surface area contributed by atoms with Gasteiger partial charge in [0.05, 0.1) is 0 Å². The van der Waals surface area contributed by atoms with E-state index in [2.05, 4.69) is 68.6 Å². The highest BCUT2D eigenvalue weighted by Gasteiger charge is 2.14. The lowest BCUT2D eigenvalue weighted by Gasteiger charge is -2.15. The van der Waals surface area contributed by atoms with Gasteiger partial charge in [-0.1, -0.05) is 0 Å². The molecular formula is C21H25Cl2N5. The van der Waals surface area contributed by atoms with Gasteiger partial charge in [-0.25, -0.2) is 0 Å². The summed E-state index contributed by atoms with van der Waals surface area (Å²) in [5.41, 5.74) is 4.83. The highest BCUT2D eigenvalue weighted by atomic mass is 35.5. The van der Waals surface area contributed by atoms with Crippen LogP contribution in [0.25, 0.3) is 21.8 Å². The molecule has 0 saturated heterocycles. The molecular weight excluding hydrogens is 393 g/mol. The van der Waals surface area contributed by atoms with E-state index in [1.807, 2.05) is 0 Å². The van der Waals surface area contributed by atoms with E-state index in [-0.39, 0.29) is 24.8 Å². The van der Waals surface area contributed by atoms with E-state index >= 15 is 0 Å². The third-order valence-electron chi connectivity index (χ3n) is 5.35. The number of rotatable bonds is 2. The van der Waals surface area contributed by atoms with Gasteiger partial charge in [0.1, 0.15) is 11.7 Å². The molecule has 0 spiro atoms. The Morgan fingerprint density at radius 1 is 0.750 bits per heavy atom. The summed E-state index contributed by atoms with van der Waals surface area (Å²) in [6, 6.07) is 13.3. The first-order chi connectivity index (χ1) is 12.8. The molecule has 0 radical (unpaired) electrons. The van der Waals surface area contributed by atoms with Gasteiger partial charge >= 0.3 is 0 Å². The van der Waals surface area contributed by atoms with Crippen LogP contribution in [0.5, 0.6) is 0 Å². The number of hydrogen-bond donors (Lipinski definition) is 2. The number of aliphatic imine (C=N–C) groups is 2. The maximum Gasteiger partial charge on any atom is 0.128 e. The lowest BCUT2D eigenvalue weighted by molar-refractivity contribution is 0.742. The van der Waals surface area contributed by atoms with Crippen molar-refractivity contribution in [3.8, 4) is 0 Å². The maximum atomic E-state index is 4.65. The van der Waals surface area contributed by atoms with Crippen LogP contribution in [0.3, 0.4) is 0 Å². The molecule has 148 valence electrons. The van der Waals surface area contributed by atoms with Crippen molar-refractivity contribution in [2.45, 2.75) is 12.8 Å². The third-order valence-corrected chi connectivity index (χ3v) is 5.35. The molecule has 0 aliphatic carbocycles. The third kappa shape index (κ3) is 3.45. The van der Waals surface area contributed by atoms with Crippen LogP contribution in [-0.2, 0) is 7.05 Å². The van der Waals surface area contributed by atoms with Gasteiger partial charge in [0, 0.05) is 66.2 Å². The summed E-state index contributed by atoms with van der Waals surface area (Å²) in [7, 11) is 2.14. The van der Waals surface area contributed by atoms with E-state index in [1.165, 1.54) is 32.9 Å². The first kappa shape index (κ1) is 20.5. The molecule has 2 aliphatic rings. The van der Waals surface area contributed by atoms with Crippen molar-refractivity contribution < 1.29 is 0 Å². The van der Waals surface area contributed by atoms with Gasteiger partial charge in [-0.2, -0.15) is 0 Å². The van der Waals surface area contributed by atoms with Crippen molar-refractivity contribution in [2.24, 2.45) is 17.0 Å². The van der Waals surface area contributed by atoms with E-state index in [4.69, 9.17) is 0 Å². The van der Waals surface area contributed by atoms with E-state index in [1.54, 1.807) is 0 Å². The van der Waals surface area contributed by atoms with E-state index in [0.29, 0.717) is 0 Å². The van der Waals surface area contributed by atoms with Gasteiger partial charge in [-0.05, 0) is 49.2 Å². The molecule has 5 rings (SSSR count). The first-order valence-electron chi connectivity index (χ1n) is 9.41. The van der Waals surface area contributed by atoms with E-state index in [0.717, 1.165) is 50.7 Å². The fraction of sp³-hybridized carbons (Fsp3) is 0.333. The number of nitrogens with one attached hydrogen (secondary N) is 2. The monoisotopic (exact) mass is 417 g/mol. The number of fused-ring (bicyclic) bond motifs is 3. The van der Waals surface area contributed by atoms with Crippen molar-refractivity contribution in [2.75, 3.05) is 26.2 Å². The highest BCUT2D eigenvalue weighted by molar-refractivity contribution is 6.13. The quantitative estimate of drug-likeness (QED) is 0.668. The minimum absolute atomic E-state index is 0. The van der Waals surface area contributed by atoms with Gasteiger partial charge in [0.25, 0.3) is 0 Å². The standard InChI is InChI=1S/C21H23N5.2ClH/c1-26-18-6-4-14(20-22-8-2-9-23-20)12-16(18)17-13-15(5-7-19(17)26)21-24-10-3-11-25-21;;/h4-7,12-13H,2-3,8-11H2,1H3,(H,22,23)(H,24,25);2*1H. The number of aryl methyl sites for hydroxylation is 1. The van der Waals surface area contributed by atoms with Crippen molar-refractivity contribution in [3.05, 3.63) is 47.5 Å². The van der Waals surface area contributed by atoms with Gasteiger partial charge in [0.2, 0.25) is 0 Å². The fourth-order valence-electron chi connectivity index (χ4n) is 3.96. The molecule has 1 aromatic heterocycles. The number of nitrogens with zero attached hydrogens (tertiary/aromatic N) is 3. The molecule has 7 heteroatoms. The predicted molar refractivity (Wildman–Crippen MR) is 123 cm³/mol. The van der Waals surface area contributed by atoms with Crippen LogP contribution in [0.2, 0.25) is 0 Å². The molecule has 2 aromatic carbocycles. The molecule has 3 aromatic rings. The number of amidine groups is 2. The average molecular weight is 418 g/mol. The molecule has 0 unspecified atom stereocenters. The molecule has 2 N–H and O–H groups in total. The molecule has 5 nitrogen and oxygen atoms in total. The number of hydrogen-bond acceptors (Lipinski definition) is 4. The largest absolute Gasteiger partial charge is 0.370 e. The SMILES string of the molecule is Cl.Cl.Cn1c2ccc(C3=NCCCN3)cc2c2cc(C3=NCCCN3)ccc21. The zero-order valence-corrected chi connectivity index (χ0v) is 17.5. The molecule has 0 bridgehead atoms. The summed E-state index contributed by atoms with van der Waals surface area (Å²) < 4.78 is 2.27. The van der Waals surface area contributed by atoms with Gasteiger partial charge in [-0.15, -0.1) is 24.8 Å². The predicted octanol–water partition coefficient (Wildman–Crippen LogP) is 3.65. The number of aromatic nitrogens is 1. The van der Waals surface area contributed by atoms with Crippen molar-refractivity contribution in [1.82, 2.24) is 15.2 Å². The Labute approximate surface area is 177 Å². The second kappa shape index (κ2) is 8.41. The van der Waals surface area contributed by atoms with E-state index < -0.39 is 0 Å². The Hall–Kier alpha value is -2.24. The number of halogens is 2. The first-order valence-corrected chi connectivity index (χ1v) is 9.41. The van der Waals surface area contributed by atoms with Crippen molar-refractivity contribution in [3.63, 3.8) is 0 Å². The molecule has 3 heterocycles. The lowest BCUT2D eigenvalue weighted by atomic mass is 10.1. The van der Waals surface area contributed by atoms with E-state index in [9.17, 15) is 0 Å². The normalized spacial score (nSPS) is 16.3. The minimum Gasteiger partial charge on any atom is -0.370 e. The van der Waals surface area contributed by atoms with Crippen molar-refractivity contribution in [1.29, 1.82) is 0 Å². The Morgan fingerprint density at radius 2 is 1.21 bits per heavy atom. The Bertz CT molecular complexity index is 984. The topological polar surface area (TPSA) is 53.7 Å². The second-order valence-electron chi connectivity index (χ2n) is 7.04. The summed E-state index contributed by atoms with van der Waals surface area (Å²) in [5.74, 6) is 2.04. The molecule has 2 aliphatic heterocycles. The van der Waals surface area contributed by atoms with Gasteiger partial charge in [-0.3, -0.25) is 9.98 Å². The van der Waals surface area contributed by atoms with Crippen LogP contribution in [0.15, 0.2) is 46.4 Å². The number of benzene rings is 2. The smallest absolute Gasteiger partial charge is 0.128 e. The Morgan fingerprint density at radius 3 is 1.61 bits per heavy atom.